The molecule has 6 rings (SSSR count). The molecule has 1 spiro atoms. The van der Waals surface area contributed by atoms with E-state index in [0.29, 0.717) is 61.8 Å². The lowest BCUT2D eigenvalue weighted by Crippen LogP contribution is -2.49. The Hall–Kier alpha value is -3.85. The van der Waals surface area contributed by atoms with Crippen molar-refractivity contribution in [2.45, 2.75) is 128 Å². The second-order valence-electron chi connectivity index (χ2n) is 17.7. The van der Waals surface area contributed by atoms with Crippen LogP contribution >= 0.6 is 0 Å². The summed E-state index contributed by atoms with van der Waals surface area (Å²) in [5.74, 6) is -0.316. The lowest BCUT2D eigenvalue weighted by molar-refractivity contribution is -0.149. The first-order valence-electron chi connectivity index (χ1n) is 21.7. The Bertz CT molecular complexity index is 1920. The number of nitrogens with one attached hydrogen (secondary N) is 1. The molecule has 0 saturated carbocycles. The summed E-state index contributed by atoms with van der Waals surface area (Å²) in [5.41, 5.74) is 3.97. The van der Waals surface area contributed by atoms with E-state index in [1.165, 1.54) is 5.57 Å². The molecule has 4 aliphatic rings. The maximum absolute atomic E-state index is 15.3. The van der Waals surface area contributed by atoms with Crippen LogP contribution in [0.25, 0.3) is 0 Å². The number of likely N-dealkylation sites (tertiary alicyclic amines) is 1. The molecule has 0 aromatic heterocycles. The molecule has 13 heteroatoms. The molecule has 322 valence electrons. The van der Waals surface area contributed by atoms with Crippen LogP contribution in [-0.4, -0.2) is 104 Å². The maximum atomic E-state index is 15.3. The van der Waals surface area contributed by atoms with Crippen LogP contribution in [-0.2, 0) is 31.1 Å². The van der Waals surface area contributed by atoms with Gasteiger partial charge in [0.1, 0.15) is 5.75 Å². The molecule has 2 aromatic carbocycles. The van der Waals surface area contributed by atoms with Crippen LogP contribution in [0.15, 0.2) is 59.7 Å². The van der Waals surface area contributed by atoms with Crippen molar-refractivity contribution in [1.29, 1.82) is 0 Å². The van der Waals surface area contributed by atoms with Crippen molar-refractivity contribution in [1.82, 2.24) is 10.2 Å². The smallest absolute Gasteiger partial charge is 0.264 e. The Kier molecular flexibility index (Phi) is 14.3. The van der Waals surface area contributed by atoms with Gasteiger partial charge in [-0.15, -0.1) is 0 Å². The predicted molar refractivity (Wildman–Crippen MR) is 233 cm³/mol. The third kappa shape index (κ3) is 9.11. The summed E-state index contributed by atoms with van der Waals surface area (Å²) in [6.45, 7) is 15.7. The van der Waals surface area contributed by atoms with Gasteiger partial charge in [0.05, 0.1) is 49.2 Å². The van der Waals surface area contributed by atoms with Crippen LogP contribution in [0.2, 0.25) is 18.6 Å². The predicted octanol–water partition coefficient (Wildman–Crippen LogP) is 6.25. The number of aliphatic hydroxyl groups is 2. The number of rotatable bonds is 17. The first-order valence-corrected chi connectivity index (χ1v) is 24.7. The van der Waals surface area contributed by atoms with Crippen LogP contribution in [0.3, 0.4) is 0 Å². The molecule has 4 heterocycles. The Morgan fingerprint density at radius 1 is 1.07 bits per heavy atom. The van der Waals surface area contributed by atoms with Crippen molar-refractivity contribution in [3.63, 3.8) is 0 Å². The monoisotopic (exact) mass is 830 g/mol. The number of unbranched alkanes of at least 4 members (excludes halogenated alkanes) is 1. The molecule has 12 nitrogen and oxygen atoms in total. The second-order valence-corrected chi connectivity index (χ2v) is 21.6. The summed E-state index contributed by atoms with van der Waals surface area (Å²) < 4.78 is 13.0. The third-order valence-electron chi connectivity index (χ3n) is 12.7. The fraction of sp³-hybridized carbons (Fsp3) is 0.587. The Labute approximate surface area is 351 Å². The van der Waals surface area contributed by atoms with Crippen molar-refractivity contribution < 1.29 is 38.9 Å². The summed E-state index contributed by atoms with van der Waals surface area (Å²) in [5, 5.41) is 22.9. The molecule has 4 N–H and O–H groups in total. The fourth-order valence-electron chi connectivity index (χ4n) is 9.89. The van der Waals surface area contributed by atoms with Crippen molar-refractivity contribution in [3.8, 4) is 5.75 Å². The summed E-state index contributed by atoms with van der Waals surface area (Å²) in [6.07, 6.45) is 8.65. The van der Waals surface area contributed by atoms with E-state index in [2.05, 4.69) is 38.2 Å². The van der Waals surface area contributed by atoms with Crippen LogP contribution in [0, 0.1) is 5.92 Å². The zero-order valence-electron chi connectivity index (χ0n) is 36.1. The van der Waals surface area contributed by atoms with E-state index in [4.69, 9.17) is 9.47 Å². The van der Waals surface area contributed by atoms with E-state index in [1.807, 2.05) is 63.3 Å². The summed E-state index contributed by atoms with van der Waals surface area (Å²) in [7, 11) is -3.09. The fourth-order valence-corrected chi connectivity index (χ4v) is 12.4. The van der Waals surface area contributed by atoms with E-state index in [0.717, 1.165) is 48.9 Å². The highest BCUT2D eigenvalue weighted by Gasteiger charge is 2.66. The van der Waals surface area contributed by atoms with Gasteiger partial charge in [-0.1, -0.05) is 30.2 Å². The zero-order valence-corrected chi connectivity index (χ0v) is 37.1. The number of benzene rings is 2. The van der Waals surface area contributed by atoms with Gasteiger partial charge in [-0.25, -0.2) is 0 Å². The van der Waals surface area contributed by atoms with E-state index >= 15 is 4.79 Å². The minimum absolute atomic E-state index is 0.0142. The maximum Gasteiger partial charge on any atom is 0.264 e. The van der Waals surface area contributed by atoms with E-state index in [1.54, 1.807) is 14.7 Å². The lowest BCUT2D eigenvalue weighted by atomic mass is 9.82. The normalized spacial score (nSPS) is 25.6. The second kappa shape index (κ2) is 18.8. The highest BCUT2D eigenvalue weighted by molar-refractivity contribution is 6.71. The van der Waals surface area contributed by atoms with Crippen molar-refractivity contribution in [3.05, 3.63) is 70.8 Å². The first kappa shape index (κ1) is 44.7. The largest absolute Gasteiger partial charge is 0.494 e. The van der Waals surface area contributed by atoms with Crippen LogP contribution < -0.4 is 19.9 Å². The summed E-state index contributed by atoms with van der Waals surface area (Å²) in [4.78, 5) is 61.0. The molecule has 59 heavy (non-hydrogen) atoms. The standard InChI is InChI=1S/C46H66N4O8Si/c1-8-57-36-17-19-39-33(25-36)26-38(47-21-9-10-24-51)44(54)50(39)34-16-18-40-37(27-34)46(45(55)49(40)23-20-31(4)14-11-13-30(2)3)32(5)43(59(6,7)56)41(58-46)28-42(53)48-22-12-15-35(48)29-52/h13,16-20,25,27,32,35,38,41,43,47,51-52,56H,8-12,14-15,21-24,26,28-29H2,1-7H3/b31-20+/t32-,35+,38?,41+,43-,46+/m1/s1. The molecule has 2 saturated heterocycles. The van der Waals surface area contributed by atoms with Crippen molar-refractivity contribution in [2.24, 2.45) is 5.92 Å². The molecule has 4 aliphatic heterocycles. The summed E-state index contributed by atoms with van der Waals surface area (Å²) in [6, 6.07) is 10.7. The number of aliphatic hydroxyl groups excluding tert-OH is 2. The number of nitrogens with zero attached hydrogens (tertiary/aromatic N) is 3. The van der Waals surface area contributed by atoms with Gasteiger partial charge in [-0.05, 0) is 134 Å². The molecule has 3 amide bonds. The molecule has 1 unspecified atom stereocenters. The topological polar surface area (TPSA) is 152 Å². The molecular formula is C46H66N4O8Si. The van der Waals surface area contributed by atoms with Crippen LogP contribution in [0.4, 0.5) is 17.1 Å². The van der Waals surface area contributed by atoms with Gasteiger partial charge in [0.25, 0.3) is 5.91 Å². The van der Waals surface area contributed by atoms with Gasteiger partial charge in [-0.2, -0.15) is 0 Å². The van der Waals surface area contributed by atoms with Crippen LogP contribution in [0.5, 0.6) is 5.75 Å². The highest BCUT2D eigenvalue weighted by atomic mass is 28.4. The van der Waals surface area contributed by atoms with Gasteiger partial charge in [0, 0.05) is 42.4 Å². The number of hydrogen-bond acceptors (Lipinski definition) is 9. The summed E-state index contributed by atoms with van der Waals surface area (Å²) >= 11 is 0. The van der Waals surface area contributed by atoms with Gasteiger partial charge in [0.15, 0.2) is 13.9 Å². The Morgan fingerprint density at radius 2 is 1.83 bits per heavy atom. The van der Waals surface area contributed by atoms with E-state index in [9.17, 15) is 24.6 Å². The van der Waals surface area contributed by atoms with E-state index in [-0.39, 0.29) is 43.4 Å². The average Bonchev–Trinajstić information content (AvgIpc) is 3.85. The lowest BCUT2D eigenvalue weighted by Gasteiger charge is -2.36. The number of hydrogen-bond donors (Lipinski definition) is 4. The minimum Gasteiger partial charge on any atom is -0.494 e. The number of carbonyl (C=O) groups excluding carboxylic acids is 3. The van der Waals surface area contributed by atoms with Crippen LogP contribution in [0.1, 0.15) is 90.7 Å². The Balaban J connectivity index is 1.45. The van der Waals surface area contributed by atoms with Gasteiger partial charge < -0.3 is 39.6 Å². The number of ether oxygens (including phenoxy) is 2. The van der Waals surface area contributed by atoms with Gasteiger partial charge in [0.2, 0.25) is 11.8 Å². The average molecular weight is 831 g/mol. The molecule has 2 fully saturated rings. The number of fused-ring (bicyclic) bond motifs is 3. The minimum atomic E-state index is -3.09. The van der Waals surface area contributed by atoms with Gasteiger partial charge >= 0.3 is 0 Å². The quantitative estimate of drug-likeness (QED) is 0.0825. The van der Waals surface area contributed by atoms with Crippen molar-refractivity contribution >= 4 is 43.1 Å². The molecular weight excluding hydrogens is 765 g/mol. The molecule has 0 aliphatic carbocycles. The zero-order chi connectivity index (χ0) is 42.6. The molecule has 6 atom stereocenters. The number of anilines is 3. The van der Waals surface area contributed by atoms with Crippen molar-refractivity contribution in [2.75, 3.05) is 49.3 Å². The molecule has 2 aromatic rings. The van der Waals surface area contributed by atoms with Gasteiger partial charge in [-0.3, -0.25) is 19.3 Å². The first-order chi connectivity index (χ1) is 28.2. The molecule has 0 radical (unpaired) electrons. The number of amides is 3. The third-order valence-corrected chi connectivity index (χ3v) is 15.2. The molecule has 0 bridgehead atoms. The highest BCUT2D eigenvalue weighted by Crippen LogP contribution is 2.60. The number of allylic oxidation sites excluding steroid dienone is 3. The Morgan fingerprint density at radius 3 is 2.53 bits per heavy atom. The SMILES string of the molecule is CCOc1ccc2c(c1)CC(NCCCCO)C(=O)N2c1ccc2c(c1)[C@]1(O[C@@H](CC(=O)N3CCC[C@H]3CO)[C@H]([Si](C)(C)O)[C@H]1C)C(=O)N2C/C=C(\C)CCC=C(C)C. The number of carbonyl (C=O) groups is 3. The van der Waals surface area contributed by atoms with E-state index < -0.39 is 37.5 Å².